The number of aromatic amines is 1. The molecule has 3 heterocycles. The first-order valence-electron chi connectivity index (χ1n) is 9.43. The van der Waals surface area contributed by atoms with Crippen molar-refractivity contribution in [3.63, 3.8) is 0 Å². The smallest absolute Gasteiger partial charge is 0.339 e. The normalized spacial score (nSPS) is 21.7. The first-order valence-corrected chi connectivity index (χ1v) is 12.1. The molecule has 0 aromatic carbocycles. The zero-order valence-corrected chi connectivity index (χ0v) is 19.0. The zero-order valence-electron chi connectivity index (χ0n) is 17.4. The minimum Gasteiger partial charge on any atom is -0.480 e. The molecular formula is C17H21N5O8S2. The van der Waals surface area contributed by atoms with Crippen LogP contribution in [0.15, 0.2) is 26.0 Å². The number of thioether (sulfide) groups is 1. The van der Waals surface area contributed by atoms with Crippen LogP contribution in [-0.2, 0) is 31.3 Å². The minimum absolute atomic E-state index is 0.0636. The number of hydrogen-bond acceptors (Lipinski definition) is 9. The number of sulfone groups is 1. The van der Waals surface area contributed by atoms with Crippen LogP contribution >= 0.6 is 11.8 Å². The Morgan fingerprint density at radius 3 is 2.56 bits per heavy atom. The molecular weight excluding hydrogens is 466 g/mol. The van der Waals surface area contributed by atoms with Gasteiger partial charge in [0.1, 0.15) is 12.2 Å². The average Bonchev–Trinajstić information content (AvgIpc) is 2.68. The highest BCUT2D eigenvalue weighted by Crippen LogP contribution is 2.43. The van der Waals surface area contributed by atoms with E-state index in [0.717, 1.165) is 21.6 Å². The molecule has 174 valence electrons. The van der Waals surface area contributed by atoms with Crippen LogP contribution in [0.3, 0.4) is 0 Å². The van der Waals surface area contributed by atoms with E-state index >= 15 is 0 Å². The van der Waals surface area contributed by atoms with Gasteiger partial charge in [-0.2, -0.15) is 4.98 Å². The van der Waals surface area contributed by atoms with Crippen molar-refractivity contribution in [3.8, 4) is 0 Å². The molecule has 0 aliphatic carbocycles. The fourth-order valence-corrected chi connectivity index (χ4v) is 6.97. The number of nitrogens with one attached hydrogen (secondary N) is 1. The van der Waals surface area contributed by atoms with Crippen LogP contribution in [0, 0.1) is 5.92 Å². The average molecular weight is 488 g/mol. The van der Waals surface area contributed by atoms with Crippen molar-refractivity contribution < 1.29 is 27.9 Å². The van der Waals surface area contributed by atoms with Gasteiger partial charge in [-0.25, -0.2) is 8.42 Å². The fourth-order valence-electron chi connectivity index (χ4n) is 3.68. The number of carboxylic acids is 1. The van der Waals surface area contributed by atoms with Crippen molar-refractivity contribution in [1.29, 1.82) is 0 Å². The SMILES string of the molecule is CC[C@H]1C(=O)N2C(C(=O)N(C)CC(=O)O)=C(CSc3nc(=O)c(=O)[nH]n3C)CS(=O)(=O)[C@H]12. The van der Waals surface area contributed by atoms with E-state index in [1.54, 1.807) is 6.92 Å². The Bertz CT molecular complexity index is 1250. The Hall–Kier alpha value is -2.94. The van der Waals surface area contributed by atoms with Crippen molar-refractivity contribution in [2.75, 3.05) is 25.1 Å². The van der Waals surface area contributed by atoms with Crippen LogP contribution in [0.25, 0.3) is 0 Å². The topological polar surface area (TPSA) is 180 Å². The molecule has 0 spiro atoms. The summed E-state index contributed by atoms with van der Waals surface area (Å²) < 4.78 is 26.9. The second-order valence-electron chi connectivity index (χ2n) is 7.42. The third kappa shape index (κ3) is 4.09. The predicted octanol–water partition coefficient (Wildman–Crippen LogP) is -2.02. The van der Waals surface area contributed by atoms with Crippen LogP contribution in [0.2, 0.25) is 0 Å². The summed E-state index contributed by atoms with van der Waals surface area (Å²) in [6, 6.07) is 0. The van der Waals surface area contributed by atoms with Crippen LogP contribution in [0.4, 0.5) is 0 Å². The van der Waals surface area contributed by atoms with Gasteiger partial charge in [0.15, 0.2) is 20.4 Å². The number of fused-ring (bicyclic) bond motifs is 1. The van der Waals surface area contributed by atoms with E-state index in [-0.39, 0.29) is 28.6 Å². The highest BCUT2D eigenvalue weighted by molar-refractivity contribution is 7.99. The quantitative estimate of drug-likeness (QED) is 0.248. The molecule has 13 nitrogen and oxygen atoms in total. The molecule has 2 amide bonds. The Labute approximate surface area is 186 Å². The number of carboxylic acid groups (broad SMARTS) is 1. The number of rotatable bonds is 7. The largest absolute Gasteiger partial charge is 0.480 e. The number of aliphatic carboxylic acids is 1. The van der Waals surface area contributed by atoms with Crippen LogP contribution in [0.1, 0.15) is 13.3 Å². The molecule has 0 radical (unpaired) electrons. The lowest BCUT2D eigenvalue weighted by Crippen LogP contribution is -2.67. The van der Waals surface area contributed by atoms with E-state index in [2.05, 4.69) is 10.1 Å². The van der Waals surface area contributed by atoms with Gasteiger partial charge in [-0.1, -0.05) is 18.7 Å². The second-order valence-corrected chi connectivity index (χ2v) is 10.5. The lowest BCUT2D eigenvalue weighted by atomic mass is 9.93. The molecule has 0 unspecified atom stereocenters. The highest BCUT2D eigenvalue weighted by atomic mass is 32.2. The summed E-state index contributed by atoms with van der Waals surface area (Å²) in [6.07, 6.45) is 0.277. The molecule has 2 N–H and O–H groups in total. The standard InChI is InChI=1S/C17H21N5O8S2/c1-4-9-14(27)22-11(15(28)20(2)5-10(23)24)8(7-32(29,30)16(9)22)6-31-17-18-12(25)13(26)19-21(17)3/h9,16H,4-7H2,1-3H3,(H,19,26)(H,23,24)/t9-,16+/m0/s1. The number of H-pyrrole nitrogens is 1. The Balaban J connectivity index is 2.05. The number of β-lactam (4-membered cyclic amide) rings is 1. The summed E-state index contributed by atoms with van der Waals surface area (Å²) in [4.78, 5) is 65.2. The van der Waals surface area contributed by atoms with E-state index in [1.165, 1.54) is 18.8 Å². The molecule has 1 aromatic heterocycles. The Kier molecular flexibility index (Phi) is 6.33. The summed E-state index contributed by atoms with van der Waals surface area (Å²) >= 11 is 0.893. The van der Waals surface area contributed by atoms with Gasteiger partial charge < -0.3 is 10.0 Å². The number of aromatic nitrogens is 3. The second kappa shape index (κ2) is 8.54. The van der Waals surface area contributed by atoms with Crippen LogP contribution in [0.5, 0.6) is 0 Å². The zero-order chi connectivity index (χ0) is 24.0. The summed E-state index contributed by atoms with van der Waals surface area (Å²) in [5, 5.41) is 10.2. The van der Waals surface area contributed by atoms with Gasteiger partial charge in [-0.3, -0.25) is 38.7 Å². The first kappa shape index (κ1) is 23.7. The monoisotopic (exact) mass is 487 g/mol. The predicted molar refractivity (Wildman–Crippen MR) is 111 cm³/mol. The van der Waals surface area contributed by atoms with Crippen molar-refractivity contribution in [2.45, 2.75) is 23.9 Å². The van der Waals surface area contributed by atoms with E-state index < -0.39 is 62.3 Å². The lowest BCUT2D eigenvalue weighted by molar-refractivity contribution is -0.152. The van der Waals surface area contributed by atoms with Gasteiger partial charge in [-0.15, -0.1) is 0 Å². The maximum absolute atomic E-state index is 13.1. The van der Waals surface area contributed by atoms with Crippen LogP contribution in [-0.4, -0.2) is 86.3 Å². The molecule has 1 aromatic rings. The van der Waals surface area contributed by atoms with E-state index in [9.17, 15) is 32.4 Å². The highest BCUT2D eigenvalue weighted by Gasteiger charge is 2.59. The lowest BCUT2D eigenvalue weighted by Gasteiger charge is -2.50. The summed E-state index contributed by atoms with van der Waals surface area (Å²) in [5.41, 5.74) is -2.05. The third-order valence-electron chi connectivity index (χ3n) is 5.16. The summed E-state index contributed by atoms with van der Waals surface area (Å²) in [7, 11) is -1.15. The number of hydrogen-bond donors (Lipinski definition) is 2. The number of amides is 2. The summed E-state index contributed by atoms with van der Waals surface area (Å²) in [6.45, 7) is 1.03. The maximum atomic E-state index is 13.1. The van der Waals surface area contributed by atoms with Gasteiger partial charge in [0.05, 0.1) is 11.7 Å². The molecule has 15 heteroatoms. The first-order chi connectivity index (χ1) is 14.9. The molecule has 0 saturated carbocycles. The number of nitrogens with zero attached hydrogens (tertiary/aromatic N) is 4. The number of likely N-dealkylation sites (N-methyl/N-ethyl adjacent to an activating group) is 1. The third-order valence-corrected chi connectivity index (χ3v) is 8.30. The number of aryl methyl sites for hydroxylation is 1. The summed E-state index contributed by atoms with van der Waals surface area (Å²) in [5.74, 6) is -4.01. The number of carbonyl (C=O) groups excluding carboxylic acids is 2. The van der Waals surface area contributed by atoms with Gasteiger partial charge >= 0.3 is 17.1 Å². The van der Waals surface area contributed by atoms with Gasteiger partial charge in [0, 0.05) is 19.8 Å². The minimum atomic E-state index is -3.81. The number of carbonyl (C=O) groups is 3. The van der Waals surface area contributed by atoms with Crippen molar-refractivity contribution in [3.05, 3.63) is 32.0 Å². The molecule has 0 bridgehead atoms. The van der Waals surface area contributed by atoms with Crippen molar-refractivity contribution in [2.24, 2.45) is 13.0 Å². The van der Waals surface area contributed by atoms with Crippen LogP contribution < -0.4 is 11.1 Å². The Morgan fingerprint density at radius 2 is 1.97 bits per heavy atom. The van der Waals surface area contributed by atoms with Gasteiger partial charge in [0.2, 0.25) is 5.91 Å². The van der Waals surface area contributed by atoms with Crippen molar-refractivity contribution >= 4 is 39.4 Å². The fraction of sp³-hybridized carbons (Fsp3) is 0.529. The van der Waals surface area contributed by atoms with E-state index in [0.29, 0.717) is 0 Å². The molecule has 2 aliphatic heterocycles. The van der Waals surface area contributed by atoms with E-state index in [1.807, 2.05) is 0 Å². The maximum Gasteiger partial charge on any atom is 0.339 e. The van der Waals surface area contributed by atoms with Gasteiger partial charge in [-0.05, 0) is 12.0 Å². The molecule has 3 rings (SSSR count). The molecule has 1 saturated heterocycles. The van der Waals surface area contributed by atoms with Gasteiger partial charge in [0.25, 0.3) is 5.91 Å². The Morgan fingerprint density at radius 1 is 1.31 bits per heavy atom. The molecule has 1 fully saturated rings. The molecule has 2 atom stereocenters. The molecule has 2 aliphatic rings. The molecule has 32 heavy (non-hydrogen) atoms. The van der Waals surface area contributed by atoms with Crippen molar-refractivity contribution in [1.82, 2.24) is 24.6 Å². The van der Waals surface area contributed by atoms with E-state index in [4.69, 9.17) is 5.11 Å².